The number of aromatic amines is 1. The van der Waals surface area contributed by atoms with Gasteiger partial charge in [-0.1, -0.05) is 18.3 Å². The van der Waals surface area contributed by atoms with E-state index in [4.69, 9.17) is 17.0 Å². The van der Waals surface area contributed by atoms with E-state index in [9.17, 15) is 8.78 Å². The molecule has 0 saturated carbocycles. The molecule has 0 fully saturated rings. The van der Waals surface area contributed by atoms with Crippen LogP contribution in [-0.2, 0) is 11.3 Å². The summed E-state index contributed by atoms with van der Waals surface area (Å²) in [5.74, 6) is -1.36. The SMILES string of the molecule is COCc1nc(=S)cc(-c2cccc(F)c2F)[nH]1. The van der Waals surface area contributed by atoms with Gasteiger partial charge < -0.3 is 9.72 Å². The van der Waals surface area contributed by atoms with Gasteiger partial charge >= 0.3 is 0 Å². The van der Waals surface area contributed by atoms with Gasteiger partial charge in [-0.3, -0.25) is 0 Å². The van der Waals surface area contributed by atoms with Crippen molar-refractivity contribution in [3.05, 3.63) is 46.4 Å². The van der Waals surface area contributed by atoms with Crippen molar-refractivity contribution in [3.8, 4) is 11.3 Å². The highest BCUT2D eigenvalue weighted by molar-refractivity contribution is 7.71. The minimum atomic E-state index is -0.919. The highest BCUT2D eigenvalue weighted by Crippen LogP contribution is 2.22. The van der Waals surface area contributed by atoms with Gasteiger partial charge in [0.1, 0.15) is 17.1 Å². The van der Waals surface area contributed by atoms with Crippen LogP contribution >= 0.6 is 12.2 Å². The third-order valence-electron chi connectivity index (χ3n) is 2.31. The number of hydrogen-bond acceptors (Lipinski definition) is 3. The molecule has 0 atom stereocenters. The molecule has 0 aliphatic carbocycles. The molecule has 1 heterocycles. The van der Waals surface area contributed by atoms with Crippen LogP contribution in [0.2, 0.25) is 0 Å². The van der Waals surface area contributed by atoms with Crippen molar-refractivity contribution in [2.45, 2.75) is 6.61 Å². The van der Waals surface area contributed by atoms with Gasteiger partial charge in [-0.25, -0.2) is 13.8 Å². The van der Waals surface area contributed by atoms with Crippen molar-refractivity contribution in [2.24, 2.45) is 0 Å². The number of nitrogens with one attached hydrogen (secondary N) is 1. The van der Waals surface area contributed by atoms with Crippen molar-refractivity contribution in [1.29, 1.82) is 0 Å². The Labute approximate surface area is 107 Å². The molecule has 0 saturated heterocycles. The van der Waals surface area contributed by atoms with Gasteiger partial charge in [0.05, 0.1) is 5.69 Å². The van der Waals surface area contributed by atoms with E-state index >= 15 is 0 Å². The first-order valence-electron chi connectivity index (χ1n) is 5.15. The molecule has 1 aromatic heterocycles. The largest absolute Gasteiger partial charge is 0.377 e. The lowest BCUT2D eigenvalue weighted by Gasteiger charge is -2.07. The lowest BCUT2D eigenvalue weighted by molar-refractivity contribution is 0.177. The Morgan fingerprint density at radius 2 is 2.17 bits per heavy atom. The molecule has 1 N–H and O–H groups in total. The fourth-order valence-corrected chi connectivity index (χ4v) is 1.80. The Morgan fingerprint density at radius 3 is 2.89 bits per heavy atom. The van der Waals surface area contributed by atoms with Crippen molar-refractivity contribution in [2.75, 3.05) is 7.11 Å². The average molecular weight is 268 g/mol. The predicted molar refractivity (Wildman–Crippen MR) is 65.5 cm³/mol. The molecular formula is C12H10F2N2OS. The van der Waals surface area contributed by atoms with Crippen LogP contribution in [0.15, 0.2) is 24.3 Å². The first kappa shape index (κ1) is 12.8. The normalized spacial score (nSPS) is 10.6. The summed E-state index contributed by atoms with van der Waals surface area (Å²) in [6.45, 7) is 0.217. The topological polar surface area (TPSA) is 37.9 Å². The van der Waals surface area contributed by atoms with Crippen LogP contribution in [0.1, 0.15) is 5.82 Å². The predicted octanol–water partition coefficient (Wildman–Crippen LogP) is 3.23. The highest BCUT2D eigenvalue weighted by atomic mass is 32.1. The maximum atomic E-state index is 13.7. The summed E-state index contributed by atoms with van der Waals surface area (Å²) in [5.41, 5.74) is 0.486. The molecule has 6 heteroatoms. The van der Waals surface area contributed by atoms with Crippen LogP contribution in [-0.4, -0.2) is 17.1 Å². The number of halogens is 2. The molecule has 1 aromatic carbocycles. The van der Waals surface area contributed by atoms with E-state index < -0.39 is 11.6 Å². The Bertz CT molecular complexity index is 628. The maximum absolute atomic E-state index is 13.7. The second-order valence-electron chi connectivity index (χ2n) is 3.61. The summed E-state index contributed by atoms with van der Waals surface area (Å²) < 4.78 is 32.0. The number of H-pyrrole nitrogens is 1. The molecule has 0 aliphatic heterocycles. The Kier molecular flexibility index (Phi) is 3.78. The summed E-state index contributed by atoms with van der Waals surface area (Å²) in [6, 6.07) is 5.44. The molecule has 0 bridgehead atoms. The van der Waals surface area contributed by atoms with Crippen LogP contribution in [0.25, 0.3) is 11.3 Å². The monoisotopic (exact) mass is 268 g/mol. The molecule has 0 unspecified atom stereocenters. The van der Waals surface area contributed by atoms with Crippen LogP contribution < -0.4 is 0 Å². The van der Waals surface area contributed by atoms with Crippen LogP contribution in [0, 0.1) is 16.3 Å². The molecule has 2 rings (SSSR count). The molecule has 2 aromatic rings. The lowest BCUT2D eigenvalue weighted by Crippen LogP contribution is -2.00. The number of nitrogens with zero attached hydrogens (tertiary/aromatic N) is 1. The zero-order valence-electron chi connectivity index (χ0n) is 9.54. The van der Waals surface area contributed by atoms with E-state index in [1.807, 2.05) is 0 Å². The molecule has 0 amide bonds. The summed E-state index contributed by atoms with van der Waals surface area (Å²) >= 11 is 4.97. The lowest BCUT2D eigenvalue weighted by atomic mass is 10.1. The fraction of sp³-hybridized carbons (Fsp3) is 0.167. The standard InChI is InChI=1S/C12H10F2N2OS/c1-17-6-10-15-9(5-11(18)16-10)7-3-2-4-8(13)12(7)14/h2-5H,6H2,1H3,(H,15,16,18). The van der Waals surface area contributed by atoms with E-state index in [2.05, 4.69) is 9.97 Å². The van der Waals surface area contributed by atoms with Crippen molar-refractivity contribution in [3.63, 3.8) is 0 Å². The molecule has 94 valence electrons. The molecule has 3 nitrogen and oxygen atoms in total. The first-order chi connectivity index (χ1) is 8.61. The Hall–Kier alpha value is -1.66. The minimum absolute atomic E-state index is 0.112. The number of aromatic nitrogens is 2. The van der Waals surface area contributed by atoms with Crippen LogP contribution in [0.5, 0.6) is 0 Å². The van der Waals surface area contributed by atoms with Gasteiger partial charge in [-0.2, -0.15) is 0 Å². The fourth-order valence-electron chi connectivity index (χ4n) is 1.57. The van der Waals surface area contributed by atoms with E-state index in [0.29, 0.717) is 16.2 Å². The van der Waals surface area contributed by atoms with Crippen LogP contribution in [0.4, 0.5) is 8.78 Å². The number of hydrogen-bond donors (Lipinski definition) is 1. The average Bonchev–Trinajstić information content (AvgIpc) is 2.32. The molecular weight excluding hydrogens is 258 g/mol. The molecule has 0 radical (unpaired) electrons. The summed E-state index contributed by atoms with van der Waals surface area (Å²) in [4.78, 5) is 6.88. The highest BCUT2D eigenvalue weighted by Gasteiger charge is 2.11. The van der Waals surface area contributed by atoms with Crippen molar-refractivity contribution >= 4 is 12.2 Å². The zero-order valence-corrected chi connectivity index (χ0v) is 10.4. The maximum Gasteiger partial charge on any atom is 0.168 e. The minimum Gasteiger partial charge on any atom is -0.377 e. The van der Waals surface area contributed by atoms with Gasteiger partial charge in [0.25, 0.3) is 0 Å². The Morgan fingerprint density at radius 1 is 1.39 bits per heavy atom. The van der Waals surface area contributed by atoms with Gasteiger partial charge in [0, 0.05) is 12.7 Å². The first-order valence-corrected chi connectivity index (χ1v) is 5.56. The number of ether oxygens (including phenoxy) is 1. The van der Waals surface area contributed by atoms with E-state index in [1.165, 1.54) is 25.3 Å². The van der Waals surface area contributed by atoms with Gasteiger partial charge in [0.2, 0.25) is 0 Å². The third-order valence-corrected chi connectivity index (χ3v) is 2.52. The smallest absolute Gasteiger partial charge is 0.168 e. The van der Waals surface area contributed by atoms with Gasteiger partial charge in [0.15, 0.2) is 11.6 Å². The summed E-state index contributed by atoms with van der Waals surface area (Å²) in [6.07, 6.45) is 0. The second-order valence-corrected chi connectivity index (χ2v) is 4.03. The number of benzene rings is 1. The number of methoxy groups -OCH3 is 1. The molecule has 0 aliphatic rings. The van der Waals surface area contributed by atoms with E-state index in [-0.39, 0.29) is 12.2 Å². The quantitative estimate of drug-likeness (QED) is 0.868. The van der Waals surface area contributed by atoms with Crippen molar-refractivity contribution in [1.82, 2.24) is 9.97 Å². The zero-order chi connectivity index (χ0) is 13.1. The van der Waals surface area contributed by atoms with E-state index in [1.54, 1.807) is 0 Å². The van der Waals surface area contributed by atoms with Crippen molar-refractivity contribution < 1.29 is 13.5 Å². The number of rotatable bonds is 3. The Balaban J connectivity index is 2.56. The van der Waals surface area contributed by atoms with Gasteiger partial charge in [-0.15, -0.1) is 0 Å². The van der Waals surface area contributed by atoms with Crippen LogP contribution in [0.3, 0.4) is 0 Å². The van der Waals surface area contributed by atoms with E-state index in [0.717, 1.165) is 6.07 Å². The third kappa shape index (κ3) is 2.60. The second kappa shape index (κ2) is 5.32. The molecule has 18 heavy (non-hydrogen) atoms. The molecule has 0 spiro atoms. The summed E-state index contributed by atoms with van der Waals surface area (Å²) in [7, 11) is 1.51. The van der Waals surface area contributed by atoms with Gasteiger partial charge in [-0.05, 0) is 18.2 Å². The summed E-state index contributed by atoms with van der Waals surface area (Å²) in [5, 5.41) is 0.